The first-order chi connectivity index (χ1) is 7.65. The average molecular weight is 235 g/mol. The quantitative estimate of drug-likeness (QED) is 0.888. The Kier molecular flexibility index (Phi) is 2.07. The summed E-state index contributed by atoms with van der Waals surface area (Å²) in [5.74, 6) is -0.129. The Morgan fingerprint density at radius 3 is 2.94 bits per heavy atom. The van der Waals surface area contributed by atoms with E-state index < -0.39 is 5.97 Å². The molecule has 1 fully saturated rings. The highest BCUT2D eigenvalue weighted by atomic mass is 32.1. The predicted molar refractivity (Wildman–Crippen MR) is 64.2 cm³/mol. The van der Waals surface area contributed by atoms with E-state index in [2.05, 4.69) is 13.0 Å². The van der Waals surface area contributed by atoms with Crippen molar-refractivity contribution < 1.29 is 9.90 Å². The highest BCUT2D eigenvalue weighted by molar-refractivity contribution is 7.19. The van der Waals surface area contributed by atoms with E-state index in [4.69, 9.17) is 0 Å². The second-order valence-corrected chi connectivity index (χ2v) is 5.78. The van der Waals surface area contributed by atoms with E-state index in [0.717, 1.165) is 16.8 Å². The smallest absolute Gasteiger partial charge is 0.352 e. The standard InChI is InChI=1S/C12H13NO2S/c1-7-4-9-11(16-7)5-10(12(14)15)13(9)6-8-2-3-8/h4-5,8H,2-3,6H2,1H3,(H,14,15). The van der Waals surface area contributed by atoms with Gasteiger partial charge in [0.2, 0.25) is 0 Å². The molecule has 0 aliphatic heterocycles. The van der Waals surface area contributed by atoms with Crippen molar-refractivity contribution in [2.24, 2.45) is 5.92 Å². The van der Waals surface area contributed by atoms with Gasteiger partial charge in [-0.15, -0.1) is 11.3 Å². The molecule has 0 spiro atoms. The van der Waals surface area contributed by atoms with E-state index in [1.165, 1.54) is 17.7 Å². The highest BCUT2D eigenvalue weighted by Crippen LogP contribution is 2.35. The van der Waals surface area contributed by atoms with Gasteiger partial charge in [-0.2, -0.15) is 0 Å². The highest BCUT2D eigenvalue weighted by Gasteiger charge is 2.25. The van der Waals surface area contributed by atoms with Crippen LogP contribution in [0.5, 0.6) is 0 Å². The van der Waals surface area contributed by atoms with Gasteiger partial charge in [0.1, 0.15) is 5.69 Å². The number of thiophene rings is 1. The molecule has 0 atom stereocenters. The number of aromatic nitrogens is 1. The van der Waals surface area contributed by atoms with Crippen molar-refractivity contribution in [1.29, 1.82) is 0 Å². The normalized spacial score (nSPS) is 15.8. The number of aromatic carboxylic acids is 1. The molecule has 16 heavy (non-hydrogen) atoms. The van der Waals surface area contributed by atoms with Gasteiger partial charge in [0.05, 0.1) is 10.2 Å². The summed E-state index contributed by atoms with van der Waals surface area (Å²) in [5, 5.41) is 9.17. The van der Waals surface area contributed by atoms with Gasteiger partial charge in [-0.1, -0.05) is 0 Å². The largest absolute Gasteiger partial charge is 0.477 e. The molecule has 2 heterocycles. The number of aryl methyl sites for hydroxylation is 1. The third kappa shape index (κ3) is 1.53. The number of carbonyl (C=O) groups is 1. The van der Waals surface area contributed by atoms with Crippen LogP contribution in [0.3, 0.4) is 0 Å². The molecule has 3 nitrogen and oxygen atoms in total. The maximum atomic E-state index is 11.2. The number of hydrogen-bond donors (Lipinski definition) is 1. The van der Waals surface area contributed by atoms with E-state index in [0.29, 0.717) is 11.6 Å². The molecule has 0 radical (unpaired) electrons. The van der Waals surface area contributed by atoms with Crippen molar-refractivity contribution in [3.63, 3.8) is 0 Å². The Labute approximate surface area is 97.3 Å². The lowest BCUT2D eigenvalue weighted by Crippen LogP contribution is -2.09. The number of fused-ring (bicyclic) bond motifs is 1. The predicted octanol–water partition coefficient (Wildman–Crippen LogP) is 3.12. The Bertz CT molecular complexity index is 563. The average Bonchev–Trinajstić information content (AvgIpc) is 2.86. The van der Waals surface area contributed by atoms with Crippen LogP contribution in [-0.2, 0) is 6.54 Å². The first kappa shape index (κ1) is 9.90. The first-order valence-electron chi connectivity index (χ1n) is 5.48. The van der Waals surface area contributed by atoms with Crippen LogP contribution < -0.4 is 0 Å². The van der Waals surface area contributed by atoms with Gasteiger partial charge in [0.15, 0.2) is 0 Å². The van der Waals surface area contributed by atoms with Crippen molar-refractivity contribution in [3.05, 3.63) is 22.7 Å². The minimum atomic E-state index is -0.818. The molecule has 1 N–H and O–H groups in total. The van der Waals surface area contributed by atoms with Crippen molar-refractivity contribution in [1.82, 2.24) is 4.57 Å². The van der Waals surface area contributed by atoms with E-state index in [-0.39, 0.29) is 0 Å². The summed E-state index contributed by atoms with van der Waals surface area (Å²) < 4.78 is 3.06. The molecule has 84 valence electrons. The molecular weight excluding hydrogens is 222 g/mol. The Morgan fingerprint density at radius 1 is 1.56 bits per heavy atom. The second-order valence-electron chi connectivity index (χ2n) is 4.50. The van der Waals surface area contributed by atoms with Crippen molar-refractivity contribution in [2.75, 3.05) is 0 Å². The van der Waals surface area contributed by atoms with Gasteiger partial charge in [0, 0.05) is 11.4 Å². The molecule has 1 aliphatic carbocycles. The molecule has 0 bridgehead atoms. The molecule has 2 aromatic heterocycles. The number of hydrogen-bond acceptors (Lipinski definition) is 2. The van der Waals surface area contributed by atoms with Crippen LogP contribution >= 0.6 is 11.3 Å². The third-order valence-corrected chi connectivity index (χ3v) is 4.06. The molecule has 4 heteroatoms. The van der Waals surface area contributed by atoms with Crippen molar-refractivity contribution in [3.8, 4) is 0 Å². The summed E-state index contributed by atoms with van der Waals surface area (Å²) in [6, 6.07) is 3.90. The van der Waals surface area contributed by atoms with Gasteiger partial charge in [-0.05, 0) is 37.8 Å². The first-order valence-corrected chi connectivity index (χ1v) is 6.30. The van der Waals surface area contributed by atoms with Crippen LogP contribution in [-0.4, -0.2) is 15.6 Å². The van der Waals surface area contributed by atoms with E-state index >= 15 is 0 Å². The monoisotopic (exact) mass is 235 g/mol. The maximum Gasteiger partial charge on any atom is 0.352 e. The summed E-state index contributed by atoms with van der Waals surface area (Å²) in [6.07, 6.45) is 2.48. The molecule has 2 aromatic rings. The zero-order chi connectivity index (χ0) is 11.3. The molecule has 1 saturated carbocycles. The minimum Gasteiger partial charge on any atom is -0.477 e. The van der Waals surface area contributed by atoms with Gasteiger partial charge in [-0.3, -0.25) is 0 Å². The summed E-state index contributed by atoms with van der Waals surface area (Å²) in [7, 11) is 0. The summed E-state index contributed by atoms with van der Waals surface area (Å²) in [4.78, 5) is 12.4. The zero-order valence-electron chi connectivity index (χ0n) is 9.06. The van der Waals surface area contributed by atoms with Crippen LogP contribution in [0, 0.1) is 12.8 Å². The fraction of sp³-hybridized carbons (Fsp3) is 0.417. The van der Waals surface area contributed by atoms with E-state index in [1.807, 2.05) is 4.57 Å². The van der Waals surface area contributed by atoms with Crippen LogP contribution in [0.1, 0.15) is 28.2 Å². The van der Waals surface area contributed by atoms with E-state index in [9.17, 15) is 9.90 Å². The molecule has 0 aromatic carbocycles. The number of nitrogens with zero attached hydrogens (tertiary/aromatic N) is 1. The Balaban J connectivity index is 2.15. The molecule has 1 aliphatic rings. The van der Waals surface area contributed by atoms with Crippen molar-refractivity contribution in [2.45, 2.75) is 26.3 Å². The number of carboxylic acids is 1. The minimum absolute atomic E-state index is 0.438. The molecule has 3 rings (SSSR count). The van der Waals surface area contributed by atoms with Gasteiger partial charge < -0.3 is 9.67 Å². The molecular formula is C12H13NO2S. The van der Waals surface area contributed by atoms with Gasteiger partial charge >= 0.3 is 5.97 Å². The zero-order valence-corrected chi connectivity index (χ0v) is 9.88. The van der Waals surface area contributed by atoms with Gasteiger partial charge in [0.25, 0.3) is 0 Å². The summed E-state index contributed by atoms with van der Waals surface area (Å²) in [6.45, 7) is 2.92. The van der Waals surface area contributed by atoms with Gasteiger partial charge in [-0.25, -0.2) is 4.79 Å². The van der Waals surface area contributed by atoms with Crippen LogP contribution in [0.15, 0.2) is 12.1 Å². The fourth-order valence-electron chi connectivity index (χ4n) is 2.10. The Morgan fingerprint density at radius 2 is 2.31 bits per heavy atom. The third-order valence-electron chi connectivity index (χ3n) is 3.07. The topological polar surface area (TPSA) is 42.2 Å². The van der Waals surface area contributed by atoms with Crippen molar-refractivity contribution >= 4 is 27.5 Å². The summed E-state index contributed by atoms with van der Waals surface area (Å²) >= 11 is 1.67. The Hall–Kier alpha value is -1.29. The number of rotatable bonds is 3. The van der Waals surface area contributed by atoms with Crippen LogP contribution in [0.4, 0.5) is 0 Å². The lowest BCUT2D eigenvalue weighted by Gasteiger charge is -2.05. The second kappa shape index (κ2) is 3.35. The molecule has 0 amide bonds. The van der Waals surface area contributed by atoms with Crippen LogP contribution in [0.2, 0.25) is 0 Å². The fourth-order valence-corrected chi connectivity index (χ4v) is 3.06. The molecule has 0 unspecified atom stereocenters. The molecule has 0 saturated heterocycles. The maximum absolute atomic E-state index is 11.2. The lowest BCUT2D eigenvalue weighted by atomic mass is 10.3. The van der Waals surface area contributed by atoms with E-state index in [1.54, 1.807) is 17.4 Å². The van der Waals surface area contributed by atoms with Crippen LogP contribution in [0.25, 0.3) is 10.2 Å². The summed E-state index contributed by atoms with van der Waals surface area (Å²) in [5.41, 5.74) is 1.53. The number of carboxylic acid groups (broad SMARTS) is 1. The SMILES string of the molecule is Cc1cc2c(cc(C(=O)O)n2CC2CC2)s1. The lowest BCUT2D eigenvalue weighted by molar-refractivity contribution is 0.0685.